The molecule has 534 valence electrons. The van der Waals surface area contributed by atoms with Crippen LogP contribution in [0.2, 0.25) is 0 Å². The lowest BCUT2D eigenvalue weighted by molar-refractivity contribution is -0.161. The third-order valence-electron chi connectivity index (χ3n) is 16.3. The molecule has 17 nitrogen and oxygen atoms in total. The Labute approximate surface area is 549 Å². The first-order chi connectivity index (χ1) is 43.1. The molecule has 0 aliphatic carbocycles. The van der Waals surface area contributed by atoms with Crippen molar-refractivity contribution in [3.8, 4) is 0 Å². The fourth-order valence-corrected chi connectivity index (χ4v) is 12.2. The number of aliphatic hydroxyl groups is 1. The first-order valence-electron chi connectivity index (χ1n) is 36.7. The molecular weight excluding hydrogens is 1190 g/mol. The van der Waals surface area contributed by atoms with Gasteiger partial charge in [0.2, 0.25) is 0 Å². The number of unbranched alkanes of at least 4 members (excludes halogenated alkanes) is 34. The van der Waals surface area contributed by atoms with E-state index in [-0.39, 0.29) is 25.7 Å². The van der Waals surface area contributed by atoms with Gasteiger partial charge < -0.3 is 33.8 Å². The largest absolute Gasteiger partial charge is 0.472 e. The van der Waals surface area contributed by atoms with E-state index in [2.05, 4.69) is 55.4 Å². The van der Waals surface area contributed by atoms with Crippen LogP contribution in [0.25, 0.3) is 0 Å². The van der Waals surface area contributed by atoms with Crippen molar-refractivity contribution in [2.75, 3.05) is 39.6 Å². The maximum absolute atomic E-state index is 13.0. The second-order valence-corrected chi connectivity index (χ2v) is 30.4. The molecule has 0 aromatic rings. The van der Waals surface area contributed by atoms with E-state index in [4.69, 9.17) is 37.0 Å². The Morgan fingerprint density at radius 3 is 0.689 bits per heavy atom. The molecule has 0 saturated heterocycles. The maximum atomic E-state index is 13.0. The highest BCUT2D eigenvalue weighted by Gasteiger charge is 2.30. The zero-order valence-corrected chi connectivity index (χ0v) is 60.6. The number of phosphoric ester groups is 2. The summed E-state index contributed by atoms with van der Waals surface area (Å²) in [5.41, 5.74) is 0. The molecule has 3 unspecified atom stereocenters. The van der Waals surface area contributed by atoms with Crippen molar-refractivity contribution in [2.24, 2.45) is 23.7 Å². The summed E-state index contributed by atoms with van der Waals surface area (Å²) >= 11 is 0. The van der Waals surface area contributed by atoms with Crippen molar-refractivity contribution in [3.05, 3.63) is 0 Å². The monoisotopic (exact) mass is 1320 g/mol. The SMILES string of the molecule is CC(C)CCCCCCCCCCCCCCCCC(=O)O[C@H](COC(=O)CCCCCCCCCCCCCC(C)C)COP(=O)(O)OCC(O)COP(=O)(O)OC[C@@H](COC(=O)CCCCCCCCCC(C)C)OC(=O)CCCCCCCCC(C)C. The summed E-state index contributed by atoms with van der Waals surface area (Å²) in [7, 11) is -9.90. The fourth-order valence-electron chi connectivity index (χ4n) is 10.7. The van der Waals surface area contributed by atoms with E-state index in [0.717, 1.165) is 108 Å². The standard InChI is InChI=1S/C71H138O17P2/c1-61(2)47-39-31-23-18-14-11-9-10-12-16-21-27-37-45-53-70(75)87-66(57-81-68(73)51-43-35-26-20-17-13-15-19-24-32-40-48-62(3)4)59-85-89(77,78)83-55-65(72)56-84-90(79,80)86-60-67(88-71(76)54-46-38-30-29-34-42-50-64(7)8)58-82-69(74)52-44-36-28-22-25-33-41-49-63(5)6/h61-67,72H,9-60H2,1-8H3,(H,77,78)(H,79,80)/t65?,66-,67-/m1/s1. The van der Waals surface area contributed by atoms with Crippen LogP contribution in [0.4, 0.5) is 0 Å². The Morgan fingerprint density at radius 2 is 0.467 bits per heavy atom. The van der Waals surface area contributed by atoms with Crippen molar-refractivity contribution in [2.45, 2.75) is 369 Å². The summed E-state index contributed by atoms with van der Waals surface area (Å²) in [6.45, 7) is 14.0. The van der Waals surface area contributed by atoms with E-state index in [1.54, 1.807) is 0 Å². The van der Waals surface area contributed by atoms with E-state index in [1.807, 2.05) is 0 Å². The lowest BCUT2D eigenvalue weighted by Crippen LogP contribution is -2.30. The van der Waals surface area contributed by atoms with E-state index in [1.165, 1.54) is 148 Å². The minimum absolute atomic E-state index is 0.101. The number of hydrogen-bond donors (Lipinski definition) is 3. The molecule has 19 heteroatoms. The van der Waals surface area contributed by atoms with Gasteiger partial charge in [-0.25, -0.2) is 9.13 Å². The first-order valence-corrected chi connectivity index (χ1v) is 39.7. The van der Waals surface area contributed by atoms with Gasteiger partial charge >= 0.3 is 39.5 Å². The summed E-state index contributed by atoms with van der Waals surface area (Å²) in [5, 5.41) is 10.6. The number of phosphoric acid groups is 2. The number of aliphatic hydroxyl groups excluding tert-OH is 1. The Bertz CT molecular complexity index is 1780. The number of ether oxygens (including phenoxy) is 4. The third kappa shape index (κ3) is 64.8. The Hall–Kier alpha value is -1.94. The van der Waals surface area contributed by atoms with E-state index >= 15 is 0 Å². The number of esters is 4. The highest BCUT2D eigenvalue weighted by molar-refractivity contribution is 7.47. The fraction of sp³-hybridized carbons (Fsp3) is 0.944. The second kappa shape index (κ2) is 60.7. The van der Waals surface area contributed by atoms with Crippen LogP contribution in [0.3, 0.4) is 0 Å². The van der Waals surface area contributed by atoms with Crippen LogP contribution in [-0.2, 0) is 65.4 Å². The Kier molecular flexibility index (Phi) is 59.4. The van der Waals surface area contributed by atoms with Gasteiger partial charge in [-0.3, -0.25) is 37.3 Å². The summed E-state index contributed by atoms with van der Waals surface area (Å²) < 4.78 is 68.3. The molecule has 0 saturated carbocycles. The molecule has 0 aromatic heterocycles. The van der Waals surface area contributed by atoms with Crippen molar-refractivity contribution in [1.29, 1.82) is 0 Å². The molecule has 90 heavy (non-hydrogen) atoms. The summed E-state index contributed by atoms with van der Waals surface area (Å²) in [5.74, 6) is 0.808. The normalized spacial score (nSPS) is 14.3. The van der Waals surface area contributed by atoms with Gasteiger partial charge in [-0.1, -0.05) is 299 Å². The molecule has 0 aliphatic heterocycles. The lowest BCUT2D eigenvalue weighted by Gasteiger charge is -2.21. The number of rotatable bonds is 68. The molecule has 0 rings (SSSR count). The number of hydrogen-bond acceptors (Lipinski definition) is 15. The molecule has 0 aromatic carbocycles. The first kappa shape index (κ1) is 88.1. The van der Waals surface area contributed by atoms with E-state index in [0.29, 0.717) is 37.5 Å². The van der Waals surface area contributed by atoms with Crippen LogP contribution in [0, 0.1) is 23.7 Å². The lowest BCUT2D eigenvalue weighted by atomic mass is 10.0. The third-order valence-corrected chi connectivity index (χ3v) is 18.2. The van der Waals surface area contributed by atoms with Crippen LogP contribution in [0.5, 0.6) is 0 Å². The predicted octanol–water partition coefficient (Wildman–Crippen LogP) is 20.1. The molecule has 0 amide bonds. The molecule has 0 radical (unpaired) electrons. The molecule has 5 atom stereocenters. The van der Waals surface area contributed by atoms with Crippen LogP contribution >= 0.6 is 15.6 Å². The van der Waals surface area contributed by atoms with Gasteiger partial charge in [0.05, 0.1) is 26.4 Å². The molecule has 0 heterocycles. The van der Waals surface area contributed by atoms with E-state index < -0.39 is 97.5 Å². The van der Waals surface area contributed by atoms with Gasteiger partial charge in [-0.2, -0.15) is 0 Å². The quantitative estimate of drug-likeness (QED) is 0.0222. The van der Waals surface area contributed by atoms with Gasteiger partial charge in [0.1, 0.15) is 19.3 Å². The van der Waals surface area contributed by atoms with Crippen molar-refractivity contribution in [3.63, 3.8) is 0 Å². The highest BCUT2D eigenvalue weighted by Crippen LogP contribution is 2.45. The Balaban J connectivity index is 5.23. The van der Waals surface area contributed by atoms with Crippen LogP contribution in [0.1, 0.15) is 351 Å². The van der Waals surface area contributed by atoms with E-state index in [9.17, 15) is 43.2 Å². The summed E-state index contributed by atoms with van der Waals surface area (Å²) in [6, 6.07) is 0. The number of carbonyl (C=O) groups is 4. The average molecular weight is 1330 g/mol. The van der Waals surface area contributed by atoms with Crippen LogP contribution in [0.15, 0.2) is 0 Å². The molecule has 0 fully saturated rings. The smallest absolute Gasteiger partial charge is 0.462 e. The summed E-state index contributed by atoms with van der Waals surface area (Å²) in [6.07, 6.45) is 43.3. The van der Waals surface area contributed by atoms with Crippen LogP contribution < -0.4 is 0 Å². The summed E-state index contributed by atoms with van der Waals surface area (Å²) in [4.78, 5) is 72.5. The van der Waals surface area contributed by atoms with Crippen molar-refractivity contribution >= 4 is 39.5 Å². The topological polar surface area (TPSA) is 237 Å². The second-order valence-electron chi connectivity index (χ2n) is 27.5. The molecular formula is C71H138O17P2. The minimum atomic E-state index is -4.95. The molecule has 0 bridgehead atoms. The van der Waals surface area contributed by atoms with Crippen LogP contribution in [-0.4, -0.2) is 96.7 Å². The van der Waals surface area contributed by atoms with Gasteiger partial charge in [0, 0.05) is 25.7 Å². The van der Waals surface area contributed by atoms with Gasteiger partial charge in [-0.05, 0) is 49.4 Å². The predicted molar refractivity (Wildman–Crippen MR) is 363 cm³/mol. The molecule has 0 spiro atoms. The maximum Gasteiger partial charge on any atom is 0.472 e. The minimum Gasteiger partial charge on any atom is -0.462 e. The highest BCUT2D eigenvalue weighted by atomic mass is 31.2. The average Bonchev–Trinajstić information content (AvgIpc) is 3.05. The van der Waals surface area contributed by atoms with Gasteiger partial charge in [0.15, 0.2) is 12.2 Å². The number of carbonyl (C=O) groups excluding carboxylic acids is 4. The zero-order chi connectivity index (χ0) is 66.8. The molecule has 0 aliphatic rings. The van der Waals surface area contributed by atoms with Crippen molar-refractivity contribution in [1.82, 2.24) is 0 Å². The Morgan fingerprint density at radius 1 is 0.278 bits per heavy atom. The van der Waals surface area contributed by atoms with Gasteiger partial charge in [-0.15, -0.1) is 0 Å². The zero-order valence-electron chi connectivity index (χ0n) is 58.8. The van der Waals surface area contributed by atoms with Gasteiger partial charge in [0.25, 0.3) is 0 Å². The van der Waals surface area contributed by atoms with Crippen molar-refractivity contribution < 1.29 is 80.2 Å². The molecule has 3 N–H and O–H groups in total.